The summed E-state index contributed by atoms with van der Waals surface area (Å²) in [7, 11) is 1.42. The zero-order valence-corrected chi connectivity index (χ0v) is 16.1. The van der Waals surface area contributed by atoms with Gasteiger partial charge in [-0.15, -0.1) is 0 Å². The van der Waals surface area contributed by atoms with Crippen LogP contribution >= 0.6 is 0 Å². The number of carbonyl (C=O) groups is 3. The molecule has 1 aromatic heterocycles. The van der Waals surface area contributed by atoms with Crippen LogP contribution in [-0.2, 0) is 14.4 Å². The van der Waals surface area contributed by atoms with Gasteiger partial charge in [-0.2, -0.15) is 4.39 Å². The summed E-state index contributed by atoms with van der Waals surface area (Å²) in [4.78, 5) is 49.5. The Hall–Kier alpha value is -3.83. The van der Waals surface area contributed by atoms with Crippen LogP contribution in [0.5, 0.6) is 0 Å². The van der Waals surface area contributed by atoms with Crippen molar-refractivity contribution in [3.05, 3.63) is 46.0 Å². The third-order valence-corrected chi connectivity index (χ3v) is 4.56. The van der Waals surface area contributed by atoms with E-state index in [0.717, 1.165) is 12.1 Å². The molecule has 0 radical (unpaired) electrons. The van der Waals surface area contributed by atoms with E-state index in [1.165, 1.54) is 29.0 Å². The van der Waals surface area contributed by atoms with Crippen LogP contribution in [-0.4, -0.2) is 52.8 Å². The Labute approximate surface area is 169 Å². The topological polar surface area (TPSA) is 139 Å². The number of hydrogen-bond acceptors (Lipinski definition) is 7. The van der Waals surface area contributed by atoms with Gasteiger partial charge in [0.2, 0.25) is 23.5 Å². The van der Waals surface area contributed by atoms with Crippen molar-refractivity contribution >= 4 is 34.9 Å². The first-order valence-electron chi connectivity index (χ1n) is 8.88. The number of rotatable bonds is 6. The minimum absolute atomic E-state index is 0.0328. The number of amides is 3. The minimum Gasteiger partial charge on any atom is -0.360 e. The molecule has 11 nitrogen and oxygen atoms in total. The number of carbonyl (C=O) groups excluding carboxylic acids is 3. The zero-order valence-electron chi connectivity index (χ0n) is 16.1. The summed E-state index contributed by atoms with van der Waals surface area (Å²) in [5.41, 5.74) is -0.628. The molecule has 2 aromatic rings. The highest BCUT2D eigenvalue weighted by atomic mass is 19.1. The molecule has 30 heavy (non-hydrogen) atoms. The molecule has 0 aliphatic carbocycles. The van der Waals surface area contributed by atoms with Gasteiger partial charge in [-0.1, -0.05) is 5.16 Å². The Bertz CT molecular complexity index is 1020. The molecule has 2 heterocycles. The number of nitro benzene ring substituents is 1. The number of benzene rings is 1. The molecule has 1 fully saturated rings. The van der Waals surface area contributed by atoms with Gasteiger partial charge in [-0.3, -0.25) is 24.5 Å². The maximum Gasteiger partial charge on any atom is 0.306 e. The predicted molar refractivity (Wildman–Crippen MR) is 101 cm³/mol. The van der Waals surface area contributed by atoms with Gasteiger partial charge in [0.1, 0.15) is 5.76 Å². The van der Waals surface area contributed by atoms with Crippen molar-refractivity contribution in [1.82, 2.24) is 10.1 Å². The summed E-state index contributed by atoms with van der Waals surface area (Å²) < 4.78 is 18.4. The number of likely N-dealkylation sites (N-methyl/N-ethyl adjacent to an activating group) is 1. The van der Waals surface area contributed by atoms with E-state index in [0.29, 0.717) is 5.76 Å². The van der Waals surface area contributed by atoms with E-state index in [2.05, 4.69) is 10.5 Å². The molecular weight excluding hydrogens is 401 g/mol. The number of hydrogen-bond donors (Lipinski definition) is 1. The van der Waals surface area contributed by atoms with Gasteiger partial charge in [0.15, 0.2) is 5.82 Å². The van der Waals surface area contributed by atoms with Crippen LogP contribution in [0.1, 0.15) is 12.2 Å². The molecule has 1 aliphatic rings. The molecule has 12 heteroatoms. The Morgan fingerprint density at radius 1 is 1.43 bits per heavy atom. The second-order valence-electron chi connectivity index (χ2n) is 6.86. The van der Waals surface area contributed by atoms with Crippen molar-refractivity contribution < 1.29 is 28.2 Å². The van der Waals surface area contributed by atoms with Crippen LogP contribution in [0.15, 0.2) is 28.8 Å². The van der Waals surface area contributed by atoms with Gasteiger partial charge in [0.25, 0.3) is 0 Å². The summed E-state index contributed by atoms with van der Waals surface area (Å²) in [5, 5.41) is 17.0. The Morgan fingerprint density at radius 2 is 2.17 bits per heavy atom. The molecule has 1 N–H and O–H groups in total. The number of nitrogens with zero attached hydrogens (tertiary/aromatic N) is 4. The Morgan fingerprint density at radius 3 is 2.80 bits per heavy atom. The number of anilines is 2. The molecule has 158 valence electrons. The molecule has 3 rings (SSSR count). The average Bonchev–Trinajstić information content (AvgIpc) is 3.26. The second-order valence-corrected chi connectivity index (χ2v) is 6.86. The normalized spacial score (nSPS) is 15.9. The van der Waals surface area contributed by atoms with E-state index < -0.39 is 40.1 Å². The third-order valence-electron chi connectivity index (χ3n) is 4.56. The lowest BCUT2D eigenvalue weighted by atomic mass is 10.1. The fraction of sp³-hybridized carbons (Fsp3) is 0.333. The fourth-order valence-electron chi connectivity index (χ4n) is 3.14. The van der Waals surface area contributed by atoms with Crippen LogP contribution in [0.4, 0.5) is 21.6 Å². The van der Waals surface area contributed by atoms with Crippen molar-refractivity contribution in [2.45, 2.75) is 13.3 Å². The van der Waals surface area contributed by atoms with E-state index in [1.54, 1.807) is 6.92 Å². The standard InChI is InChI=1S/C18H18FN5O6/c1-10-5-15(21-30-10)20-16(25)9-22(2)18(27)11-6-17(26)23(8-11)12-3-4-13(19)14(7-12)24(28)29/h3-5,7,11H,6,8-9H2,1-2H3,(H,20,21,25). The number of nitrogens with one attached hydrogen (secondary N) is 1. The summed E-state index contributed by atoms with van der Waals surface area (Å²) in [6, 6.07) is 4.62. The average molecular weight is 419 g/mol. The predicted octanol–water partition coefficient (Wildman–Crippen LogP) is 1.48. The first-order valence-corrected chi connectivity index (χ1v) is 8.88. The monoisotopic (exact) mass is 419 g/mol. The second kappa shape index (κ2) is 8.27. The molecule has 3 amide bonds. The number of nitro groups is 1. The highest BCUT2D eigenvalue weighted by Crippen LogP contribution is 2.30. The fourth-order valence-corrected chi connectivity index (χ4v) is 3.14. The SMILES string of the molecule is Cc1cc(NC(=O)CN(C)C(=O)C2CC(=O)N(c3ccc(F)c([N+](=O)[O-])c3)C2)no1. The minimum atomic E-state index is -1.02. The van der Waals surface area contributed by atoms with Gasteiger partial charge in [0, 0.05) is 32.1 Å². The molecular formula is C18H18FN5O6. The van der Waals surface area contributed by atoms with Crippen molar-refractivity contribution in [1.29, 1.82) is 0 Å². The van der Waals surface area contributed by atoms with Crippen molar-refractivity contribution in [2.75, 3.05) is 30.4 Å². The van der Waals surface area contributed by atoms with E-state index in [-0.39, 0.29) is 31.0 Å². The molecule has 1 aliphatic heterocycles. The van der Waals surface area contributed by atoms with Crippen LogP contribution in [0, 0.1) is 28.8 Å². The smallest absolute Gasteiger partial charge is 0.306 e. The zero-order chi connectivity index (χ0) is 22.0. The van der Waals surface area contributed by atoms with Gasteiger partial charge in [-0.25, -0.2) is 0 Å². The Balaban J connectivity index is 1.63. The van der Waals surface area contributed by atoms with Crippen LogP contribution in [0.25, 0.3) is 0 Å². The quantitative estimate of drug-likeness (QED) is 0.553. The lowest BCUT2D eigenvalue weighted by Crippen LogP contribution is -2.39. The van der Waals surface area contributed by atoms with E-state index >= 15 is 0 Å². The van der Waals surface area contributed by atoms with Gasteiger partial charge < -0.3 is 19.6 Å². The lowest BCUT2D eigenvalue weighted by Gasteiger charge is -2.21. The maximum atomic E-state index is 13.5. The molecule has 0 saturated carbocycles. The summed E-state index contributed by atoms with van der Waals surface area (Å²) in [6.07, 6.45) is -0.127. The van der Waals surface area contributed by atoms with Crippen molar-refractivity contribution in [3.63, 3.8) is 0 Å². The van der Waals surface area contributed by atoms with Gasteiger partial charge >= 0.3 is 5.69 Å². The van der Waals surface area contributed by atoms with Crippen molar-refractivity contribution in [3.8, 4) is 0 Å². The highest BCUT2D eigenvalue weighted by Gasteiger charge is 2.37. The lowest BCUT2D eigenvalue weighted by molar-refractivity contribution is -0.387. The molecule has 1 atom stereocenters. The molecule has 0 bridgehead atoms. The Kier molecular flexibility index (Phi) is 5.76. The summed E-state index contributed by atoms with van der Waals surface area (Å²) in [5.74, 6) is -2.38. The van der Waals surface area contributed by atoms with Crippen LogP contribution in [0.2, 0.25) is 0 Å². The first-order chi connectivity index (χ1) is 14.2. The number of aromatic nitrogens is 1. The number of halogens is 1. The third kappa shape index (κ3) is 4.42. The van der Waals surface area contributed by atoms with E-state index in [4.69, 9.17) is 4.52 Å². The first kappa shape index (κ1) is 20.9. The maximum absolute atomic E-state index is 13.5. The van der Waals surface area contributed by atoms with Gasteiger partial charge in [-0.05, 0) is 19.1 Å². The molecule has 1 saturated heterocycles. The van der Waals surface area contributed by atoms with Crippen LogP contribution < -0.4 is 10.2 Å². The van der Waals surface area contributed by atoms with E-state index in [1.807, 2.05) is 0 Å². The van der Waals surface area contributed by atoms with Crippen LogP contribution in [0.3, 0.4) is 0 Å². The summed E-state index contributed by atoms with van der Waals surface area (Å²) in [6.45, 7) is 1.36. The van der Waals surface area contributed by atoms with E-state index in [9.17, 15) is 28.9 Å². The highest BCUT2D eigenvalue weighted by molar-refractivity contribution is 6.01. The summed E-state index contributed by atoms with van der Waals surface area (Å²) >= 11 is 0. The molecule has 1 unspecified atom stereocenters. The van der Waals surface area contributed by atoms with Gasteiger partial charge in [0.05, 0.1) is 23.1 Å². The number of aryl methyl sites for hydroxylation is 1. The molecule has 0 spiro atoms. The van der Waals surface area contributed by atoms with Crippen molar-refractivity contribution in [2.24, 2.45) is 5.92 Å². The largest absolute Gasteiger partial charge is 0.360 e. The molecule has 1 aromatic carbocycles.